The molecular weight excluding hydrogens is 588 g/mol. The summed E-state index contributed by atoms with van der Waals surface area (Å²) < 4.78 is 60.3. The molecule has 0 bridgehead atoms. The van der Waals surface area contributed by atoms with Crippen LogP contribution in [0, 0.1) is 5.82 Å². The van der Waals surface area contributed by atoms with Crippen molar-refractivity contribution in [3.63, 3.8) is 0 Å². The highest BCUT2D eigenvalue weighted by Gasteiger charge is 2.31. The van der Waals surface area contributed by atoms with E-state index in [9.17, 15) is 27.2 Å². The number of nitrogens with two attached hydrogens (primary N) is 1. The summed E-state index contributed by atoms with van der Waals surface area (Å²) in [6.45, 7) is 4.14. The number of carbonyl (C=O) groups is 2. The number of oxime groups is 1. The van der Waals surface area contributed by atoms with Crippen molar-refractivity contribution in [1.82, 2.24) is 19.5 Å². The summed E-state index contributed by atoms with van der Waals surface area (Å²) in [6.07, 6.45) is -2.00. The quantitative estimate of drug-likeness (QED) is 0.119. The summed E-state index contributed by atoms with van der Waals surface area (Å²) in [5.74, 6) is -1.46. The molecule has 1 fully saturated rings. The van der Waals surface area contributed by atoms with Crippen molar-refractivity contribution in [3.8, 4) is 11.1 Å². The zero-order chi connectivity index (χ0) is 31.4. The number of hydrogen-bond acceptors (Lipinski definition) is 9. The van der Waals surface area contributed by atoms with Crippen molar-refractivity contribution in [1.29, 1.82) is 0 Å². The Morgan fingerprint density at radius 1 is 1.14 bits per heavy atom. The van der Waals surface area contributed by atoms with Crippen molar-refractivity contribution in [2.45, 2.75) is 19.6 Å². The average Bonchev–Trinajstić information content (AvgIpc) is 3.28. The number of urea groups is 1. The van der Waals surface area contributed by atoms with Gasteiger partial charge in [-0.2, -0.15) is 18.3 Å². The second-order valence-electron chi connectivity index (χ2n) is 9.70. The SMILES string of the molecule is CC(=O)O/N=C/c1c(-c2ccc(NC(=O)Nc3cc(C(F)(F)F)ccc3F)cc2)c2c(N)ncnn2c1CN1CCOCC1. The van der Waals surface area contributed by atoms with E-state index in [1.807, 2.05) is 0 Å². The Hall–Kier alpha value is -5.09. The fraction of sp³-hybridized carbons (Fsp3) is 0.250. The molecule has 0 unspecified atom stereocenters. The molecule has 2 aromatic heterocycles. The van der Waals surface area contributed by atoms with Crippen LogP contribution < -0.4 is 16.4 Å². The third-order valence-electron chi connectivity index (χ3n) is 6.70. The Bertz CT molecular complexity index is 1720. The van der Waals surface area contributed by atoms with Gasteiger partial charge < -0.3 is 25.9 Å². The van der Waals surface area contributed by atoms with Crippen molar-refractivity contribution >= 4 is 40.9 Å². The summed E-state index contributed by atoms with van der Waals surface area (Å²) in [7, 11) is 0. The first-order chi connectivity index (χ1) is 21.0. The van der Waals surface area contributed by atoms with Crippen LogP contribution in [0.2, 0.25) is 0 Å². The van der Waals surface area contributed by atoms with Crippen LogP contribution in [0.3, 0.4) is 0 Å². The number of nitrogens with one attached hydrogen (secondary N) is 2. The van der Waals surface area contributed by atoms with E-state index in [1.54, 1.807) is 16.6 Å². The molecule has 1 saturated heterocycles. The number of carbonyl (C=O) groups excluding carboxylic acids is 2. The number of fused-ring (bicyclic) bond motifs is 1. The Morgan fingerprint density at radius 2 is 1.86 bits per heavy atom. The number of aromatic nitrogens is 3. The maximum atomic E-state index is 14.1. The van der Waals surface area contributed by atoms with E-state index in [2.05, 4.69) is 30.8 Å². The number of amides is 2. The van der Waals surface area contributed by atoms with Gasteiger partial charge in [0.05, 0.1) is 36.4 Å². The Morgan fingerprint density at radius 3 is 2.55 bits per heavy atom. The van der Waals surface area contributed by atoms with Crippen LogP contribution in [0.15, 0.2) is 53.9 Å². The van der Waals surface area contributed by atoms with Gasteiger partial charge in [-0.25, -0.2) is 23.5 Å². The topological polar surface area (TPSA) is 148 Å². The van der Waals surface area contributed by atoms with Crippen LogP contribution in [0.5, 0.6) is 0 Å². The number of nitrogen functional groups attached to an aromatic ring is 1. The van der Waals surface area contributed by atoms with Crippen molar-refractivity contribution in [2.24, 2.45) is 5.16 Å². The minimum absolute atomic E-state index is 0.176. The lowest BCUT2D eigenvalue weighted by atomic mass is 10.0. The maximum Gasteiger partial charge on any atom is 0.416 e. The molecule has 0 spiro atoms. The van der Waals surface area contributed by atoms with Gasteiger partial charge in [-0.05, 0) is 35.9 Å². The predicted molar refractivity (Wildman–Crippen MR) is 152 cm³/mol. The summed E-state index contributed by atoms with van der Waals surface area (Å²) in [6, 6.07) is 7.15. The lowest BCUT2D eigenvalue weighted by Crippen LogP contribution is -2.36. The molecule has 2 amide bonds. The number of alkyl halides is 3. The van der Waals surface area contributed by atoms with Gasteiger partial charge >= 0.3 is 18.2 Å². The third-order valence-corrected chi connectivity index (χ3v) is 6.70. The Kier molecular flexibility index (Phi) is 8.73. The molecule has 1 aliphatic heterocycles. The minimum Gasteiger partial charge on any atom is -0.382 e. The average molecular weight is 615 g/mol. The third kappa shape index (κ3) is 6.76. The van der Waals surface area contributed by atoms with Crippen molar-refractivity contribution in [2.75, 3.05) is 42.7 Å². The molecule has 5 rings (SSSR count). The van der Waals surface area contributed by atoms with Gasteiger partial charge in [0, 0.05) is 43.4 Å². The summed E-state index contributed by atoms with van der Waals surface area (Å²) in [4.78, 5) is 35.1. The van der Waals surface area contributed by atoms with E-state index in [0.717, 1.165) is 0 Å². The summed E-state index contributed by atoms with van der Waals surface area (Å²) in [5, 5.41) is 12.8. The first kappa shape index (κ1) is 30.4. The molecule has 1 aliphatic rings. The largest absolute Gasteiger partial charge is 0.416 e. The maximum absolute atomic E-state index is 14.1. The summed E-state index contributed by atoms with van der Waals surface area (Å²) >= 11 is 0. The van der Waals surface area contributed by atoms with Gasteiger partial charge in [0.1, 0.15) is 17.7 Å². The number of anilines is 3. The van der Waals surface area contributed by atoms with Crippen LogP contribution in [0.25, 0.3) is 16.6 Å². The van der Waals surface area contributed by atoms with Crippen LogP contribution in [-0.4, -0.2) is 64.0 Å². The zero-order valence-corrected chi connectivity index (χ0v) is 23.2. The molecule has 2 aromatic carbocycles. The van der Waals surface area contributed by atoms with E-state index >= 15 is 0 Å². The first-order valence-electron chi connectivity index (χ1n) is 13.2. The standard InChI is InChI=1S/C28H26F4N8O4/c1-16(41)44-36-13-20-23(14-39-8-10-43-11-9-39)40-25(26(33)34-15-35-40)24(20)17-2-5-19(6-3-17)37-27(42)38-22-12-18(28(30,31)32)4-7-21(22)29/h2-7,12-13,15H,8-11,14H2,1H3,(H2,33,34,35)(H2,37,38,42)/b36-13+. The van der Waals surface area contributed by atoms with Crippen molar-refractivity contribution in [3.05, 3.63) is 71.4 Å². The van der Waals surface area contributed by atoms with Crippen LogP contribution in [-0.2, 0) is 27.1 Å². The second-order valence-corrected chi connectivity index (χ2v) is 9.70. The molecular formula is C28H26F4N8O4. The lowest BCUT2D eigenvalue weighted by molar-refractivity contribution is -0.141. The van der Waals surface area contributed by atoms with Crippen LogP contribution >= 0.6 is 0 Å². The van der Waals surface area contributed by atoms with Gasteiger partial charge in [0.25, 0.3) is 0 Å². The van der Waals surface area contributed by atoms with Crippen LogP contribution in [0.1, 0.15) is 23.7 Å². The molecule has 4 N–H and O–H groups in total. The lowest BCUT2D eigenvalue weighted by Gasteiger charge is -2.26. The van der Waals surface area contributed by atoms with Gasteiger partial charge in [-0.3, -0.25) is 4.90 Å². The van der Waals surface area contributed by atoms with Gasteiger partial charge in [0.15, 0.2) is 5.82 Å². The number of rotatable bonds is 7. The van der Waals surface area contributed by atoms with Gasteiger partial charge in [-0.1, -0.05) is 17.3 Å². The van der Waals surface area contributed by atoms with E-state index in [-0.39, 0.29) is 11.5 Å². The molecule has 16 heteroatoms. The first-order valence-corrected chi connectivity index (χ1v) is 13.2. The molecule has 0 aliphatic carbocycles. The fourth-order valence-corrected chi connectivity index (χ4v) is 4.70. The normalized spacial score (nSPS) is 14.2. The van der Waals surface area contributed by atoms with Crippen molar-refractivity contribution < 1.29 is 36.7 Å². The number of benzene rings is 2. The molecule has 0 saturated carbocycles. The highest BCUT2D eigenvalue weighted by molar-refractivity contribution is 6.03. The number of hydrogen-bond donors (Lipinski definition) is 3. The smallest absolute Gasteiger partial charge is 0.382 e. The number of morpholine rings is 1. The Labute approximate surface area is 247 Å². The molecule has 0 atom stereocenters. The molecule has 0 radical (unpaired) electrons. The van der Waals surface area contributed by atoms with Gasteiger partial charge in [0.2, 0.25) is 0 Å². The van der Waals surface area contributed by atoms with Crippen LogP contribution in [0.4, 0.5) is 39.5 Å². The highest BCUT2D eigenvalue weighted by atomic mass is 19.4. The number of nitrogens with zero attached hydrogens (tertiary/aromatic N) is 5. The molecule has 230 valence electrons. The molecule has 12 nitrogen and oxygen atoms in total. The van der Waals surface area contributed by atoms with E-state index in [1.165, 1.54) is 31.6 Å². The predicted octanol–water partition coefficient (Wildman–Crippen LogP) is 4.51. The molecule has 3 heterocycles. The fourth-order valence-electron chi connectivity index (χ4n) is 4.70. The minimum atomic E-state index is -4.71. The summed E-state index contributed by atoms with van der Waals surface area (Å²) in [5.41, 5.74) is 7.74. The second kappa shape index (κ2) is 12.6. The van der Waals surface area contributed by atoms with Gasteiger partial charge in [-0.15, -0.1) is 0 Å². The molecule has 44 heavy (non-hydrogen) atoms. The highest BCUT2D eigenvalue weighted by Crippen LogP contribution is 2.36. The number of ether oxygens (including phenoxy) is 1. The van der Waals surface area contributed by atoms with E-state index in [4.69, 9.17) is 15.3 Å². The van der Waals surface area contributed by atoms with E-state index < -0.39 is 35.2 Å². The molecule has 4 aromatic rings. The monoisotopic (exact) mass is 614 g/mol. The van der Waals surface area contributed by atoms with E-state index in [0.29, 0.717) is 78.9 Å². The Balaban J connectivity index is 1.47. The zero-order valence-electron chi connectivity index (χ0n) is 23.2. The number of halogens is 4.